The summed E-state index contributed by atoms with van der Waals surface area (Å²) < 4.78 is 0. The largest absolute Gasteiger partial charge is 0.373 e. The summed E-state index contributed by atoms with van der Waals surface area (Å²) in [5, 5.41) is 1.20. The van der Waals surface area contributed by atoms with E-state index in [0.717, 1.165) is 25.3 Å². The van der Waals surface area contributed by atoms with E-state index in [1.807, 2.05) is 23.5 Å². The van der Waals surface area contributed by atoms with E-state index in [4.69, 9.17) is 9.78 Å². The van der Waals surface area contributed by atoms with Crippen molar-refractivity contribution < 1.29 is 14.6 Å². The van der Waals surface area contributed by atoms with Gasteiger partial charge in [0.05, 0.1) is 12.2 Å². The molecular weight excluding hydrogens is 340 g/mol. The number of carbonyl (C=O) groups is 1. The van der Waals surface area contributed by atoms with Gasteiger partial charge in [-0.25, -0.2) is 4.79 Å². The van der Waals surface area contributed by atoms with Crippen LogP contribution in [0.15, 0.2) is 48.8 Å². The molecular formula is C22H33O3Si. The molecule has 0 saturated heterocycles. The van der Waals surface area contributed by atoms with Crippen molar-refractivity contribution in [3.05, 3.63) is 61.3 Å². The van der Waals surface area contributed by atoms with Crippen LogP contribution in [0.2, 0.25) is 6.04 Å². The lowest BCUT2D eigenvalue weighted by Gasteiger charge is -2.23. The number of unbranched alkanes of at least 4 members (excludes halogenated alkanes) is 6. The van der Waals surface area contributed by atoms with Crippen molar-refractivity contribution in [2.45, 2.75) is 57.9 Å². The summed E-state index contributed by atoms with van der Waals surface area (Å²) in [4.78, 5) is 22.0. The highest BCUT2D eigenvalue weighted by molar-refractivity contribution is 6.99. The Bertz CT molecular complexity index is 543. The summed E-state index contributed by atoms with van der Waals surface area (Å²) in [6, 6.07) is 8.52. The van der Waals surface area contributed by atoms with Crippen molar-refractivity contribution in [3.63, 3.8) is 0 Å². The Labute approximate surface area is 160 Å². The van der Waals surface area contributed by atoms with E-state index in [1.54, 1.807) is 12.1 Å². The topological polar surface area (TPSA) is 35.5 Å². The average molecular weight is 374 g/mol. The van der Waals surface area contributed by atoms with E-state index in [1.165, 1.54) is 30.9 Å². The highest BCUT2D eigenvalue weighted by atomic mass is 28.3. The highest BCUT2D eigenvalue weighted by Crippen LogP contribution is 2.14. The summed E-state index contributed by atoms with van der Waals surface area (Å²) in [5.74, 6) is -0.451. The average Bonchev–Trinajstić information content (AvgIpc) is 2.69. The quantitative estimate of drug-likeness (QED) is 0.188. The molecule has 26 heavy (non-hydrogen) atoms. The van der Waals surface area contributed by atoms with Crippen molar-refractivity contribution in [1.29, 1.82) is 0 Å². The van der Waals surface area contributed by atoms with Gasteiger partial charge in [-0.05, 0) is 24.6 Å². The number of benzene rings is 1. The van der Waals surface area contributed by atoms with Crippen molar-refractivity contribution in [1.82, 2.24) is 0 Å². The first-order valence-electron chi connectivity index (χ1n) is 9.64. The summed E-state index contributed by atoms with van der Waals surface area (Å²) in [7, 11) is -1.86. The van der Waals surface area contributed by atoms with Gasteiger partial charge in [0.1, 0.15) is 8.07 Å². The zero-order valence-electron chi connectivity index (χ0n) is 16.2. The maximum absolute atomic E-state index is 12.0. The minimum Gasteiger partial charge on any atom is -0.293 e. The zero-order chi connectivity index (χ0) is 19.3. The van der Waals surface area contributed by atoms with Crippen LogP contribution < -0.4 is 5.19 Å². The van der Waals surface area contributed by atoms with Gasteiger partial charge >= 0.3 is 5.97 Å². The molecule has 0 amide bonds. The molecule has 0 heterocycles. The van der Waals surface area contributed by atoms with Gasteiger partial charge in [0.15, 0.2) is 0 Å². The molecule has 1 aromatic rings. The van der Waals surface area contributed by atoms with Crippen LogP contribution in [-0.4, -0.2) is 20.7 Å². The predicted octanol–water partition coefficient (Wildman–Crippen LogP) is 5.47. The second-order valence-electron chi connectivity index (χ2n) is 6.55. The SMILES string of the molecule is [CH2]CCCCCCCCOOC(=O)c1ccc([Si](C=C)(C=C)CC)cc1. The van der Waals surface area contributed by atoms with Crippen molar-refractivity contribution in [3.8, 4) is 0 Å². The van der Waals surface area contributed by atoms with E-state index in [2.05, 4.69) is 27.0 Å². The summed E-state index contributed by atoms with van der Waals surface area (Å²) in [5.41, 5.74) is 4.54. The molecule has 0 N–H and O–H groups in total. The molecule has 0 unspecified atom stereocenters. The van der Waals surface area contributed by atoms with Gasteiger partial charge in [-0.15, -0.1) is 13.2 Å². The predicted molar refractivity (Wildman–Crippen MR) is 112 cm³/mol. The van der Waals surface area contributed by atoms with Gasteiger partial charge in [-0.1, -0.05) is 81.1 Å². The Morgan fingerprint density at radius 3 is 2.12 bits per heavy atom. The monoisotopic (exact) mass is 373 g/mol. The highest BCUT2D eigenvalue weighted by Gasteiger charge is 2.26. The first-order valence-corrected chi connectivity index (χ1v) is 12.0. The molecule has 0 fully saturated rings. The van der Waals surface area contributed by atoms with E-state index in [9.17, 15) is 4.79 Å². The Morgan fingerprint density at radius 1 is 1.00 bits per heavy atom. The van der Waals surface area contributed by atoms with Crippen LogP contribution in [0.25, 0.3) is 0 Å². The number of rotatable bonds is 14. The van der Waals surface area contributed by atoms with Crippen LogP contribution in [0.5, 0.6) is 0 Å². The van der Waals surface area contributed by atoms with E-state index < -0.39 is 14.0 Å². The number of hydrogen-bond donors (Lipinski definition) is 0. The lowest BCUT2D eigenvalue weighted by Crippen LogP contribution is -2.43. The number of carbonyl (C=O) groups excluding carboxylic acids is 1. The Morgan fingerprint density at radius 2 is 1.58 bits per heavy atom. The normalized spacial score (nSPS) is 11.2. The molecule has 0 saturated carbocycles. The van der Waals surface area contributed by atoms with Crippen LogP contribution in [0.3, 0.4) is 0 Å². The van der Waals surface area contributed by atoms with Crippen LogP contribution in [0.1, 0.15) is 62.2 Å². The number of hydrogen-bond acceptors (Lipinski definition) is 3. The molecule has 0 atom stereocenters. The Hall–Kier alpha value is -1.65. The first-order chi connectivity index (χ1) is 12.6. The fourth-order valence-electron chi connectivity index (χ4n) is 2.92. The summed E-state index contributed by atoms with van der Waals surface area (Å²) >= 11 is 0. The zero-order valence-corrected chi connectivity index (χ0v) is 17.2. The molecule has 0 spiro atoms. The molecule has 0 bridgehead atoms. The fraction of sp³-hybridized carbons (Fsp3) is 0.455. The third-order valence-electron chi connectivity index (χ3n) is 4.83. The van der Waals surface area contributed by atoms with Gasteiger partial charge in [0.25, 0.3) is 0 Å². The van der Waals surface area contributed by atoms with Crippen LogP contribution in [0.4, 0.5) is 0 Å². The molecule has 0 aliphatic carbocycles. The smallest absolute Gasteiger partial charge is 0.293 e. The second-order valence-corrected chi connectivity index (χ2v) is 10.7. The standard InChI is InChI=1S/C22H33O3Si/c1-5-9-10-11-12-13-14-19-24-25-22(23)20-15-17-21(18-16-20)26(6-2,7-3)8-4/h6-7,15-18H,1-3,5,8-14,19H2,4H3. The minimum absolute atomic E-state index is 0.442. The lowest BCUT2D eigenvalue weighted by atomic mass is 10.1. The molecule has 1 aromatic carbocycles. The van der Waals surface area contributed by atoms with Gasteiger partial charge in [0.2, 0.25) is 0 Å². The minimum atomic E-state index is -1.86. The van der Waals surface area contributed by atoms with E-state index in [0.29, 0.717) is 12.2 Å². The van der Waals surface area contributed by atoms with E-state index in [-0.39, 0.29) is 0 Å². The fourth-order valence-corrected chi connectivity index (χ4v) is 5.33. The van der Waals surface area contributed by atoms with E-state index >= 15 is 0 Å². The molecule has 4 heteroatoms. The Balaban J connectivity index is 2.35. The third-order valence-corrected chi connectivity index (χ3v) is 8.87. The van der Waals surface area contributed by atoms with Gasteiger partial charge in [-0.2, -0.15) is 4.89 Å². The second kappa shape index (κ2) is 12.7. The molecule has 3 nitrogen and oxygen atoms in total. The van der Waals surface area contributed by atoms with Crippen molar-refractivity contribution in [2.75, 3.05) is 6.61 Å². The van der Waals surface area contributed by atoms with Crippen molar-refractivity contribution >= 4 is 19.2 Å². The van der Waals surface area contributed by atoms with Crippen LogP contribution >= 0.6 is 0 Å². The molecule has 0 aliphatic rings. The molecule has 1 rings (SSSR count). The molecule has 0 aliphatic heterocycles. The molecule has 0 aromatic heterocycles. The Kier molecular flexibility index (Phi) is 10.9. The summed E-state index contributed by atoms with van der Waals surface area (Å²) in [6.07, 6.45) is 7.89. The first kappa shape index (κ1) is 22.4. The van der Waals surface area contributed by atoms with Gasteiger partial charge < -0.3 is 0 Å². The van der Waals surface area contributed by atoms with Crippen LogP contribution in [-0.2, 0) is 9.78 Å². The summed E-state index contributed by atoms with van der Waals surface area (Å²) in [6.45, 7) is 14.4. The van der Waals surface area contributed by atoms with Crippen molar-refractivity contribution in [2.24, 2.45) is 0 Å². The lowest BCUT2D eigenvalue weighted by molar-refractivity contribution is -0.241. The van der Waals surface area contributed by atoms with Gasteiger partial charge in [0, 0.05) is 0 Å². The van der Waals surface area contributed by atoms with Gasteiger partial charge in [-0.3, -0.25) is 4.89 Å². The molecule has 143 valence electrons. The maximum Gasteiger partial charge on any atom is 0.373 e. The maximum atomic E-state index is 12.0. The van der Waals surface area contributed by atoms with Crippen LogP contribution in [0, 0.1) is 6.92 Å². The molecule has 1 radical (unpaired) electrons. The third kappa shape index (κ3) is 6.93.